The van der Waals surface area contributed by atoms with Gasteiger partial charge in [0, 0.05) is 31.9 Å². The van der Waals surface area contributed by atoms with Gasteiger partial charge in [-0.15, -0.1) is 4.40 Å². The second-order valence-corrected chi connectivity index (χ2v) is 8.09. The summed E-state index contributed by atoms with van der Waals surface area (Å²) in [6.07, 6.45) is -0.0566. The molecule has 4 rings (SSSR count). The molecule has 2 aliphatic heterocycles. The van der Waals surface area contributed by atoms with Crippen molar-refractivity contribution in [2.75, 3.05) is 36.4 Å². The summed E-state index contributed by atoms with van der Waals surface area (Å²) < 4.78 is 28.3. The molecule has 0 aromatic heterocycles. The summed E-state index contributed by atoms with van der Waals surface area (Å²) in [6, 6.07) is 16.7. The van der Waals surface area contributed by atoms with E-state index in [0.29, 0.717) is 18.8 Å². The first-order chi connectivity index (χ1) is 13.0. The van der Waals surface area contributed by atoms with Gasteiger partial charge in [-0.3, -0.25) is 4.79 Å². The quantitative estimate of drug-likeness (QED) is 0.875. The molecule has 0 saturated carbocycles. The Morgan fingerprint density at radius 2 is 1.63 bits per heavy atom. The van der Waals surface area contributed by atoms with Gasteiger partial charge >= 0.3 is 0 Å². The second-order valence-electron chi connectivity index (χ2n) is 6.51. The molecule has 2 heterocycles. The Balaban J connectivity index is 1.40. The summed E-state index contributed by atoms with van der Waals surface area (Å²) in [5, 5.41) is 2.97. The van der Waals surface area contributed by atoms with Crippen LogP contribution in [0.2, 0.25) is 0 Å². The number of hydrogen-bond acceptors (Lipinski definition) is 5. The van der Waals surface area contributed by atoms with E-state index in [1.165, 1.54) is 6.07 Å². The molecule has 0 aliphatic carbocycles. The number of carbonyl (C=O) groups excluding carboxylic acids is 1. The predicted octanol–water partition coefficient (Wildman–Crippen LogP) is 1.94. The molecule has 1 fully saturated rings. The van der Waals surface area contributed by atoms with Crippen LogP contribution in [0.25, 0.3) is 0 Å². The normalized spacial score (nSPS) is 18.3. The number of carbonyl (C=O) groups is 1. The van der Waals surface area contributed by atoms with Gasteiger partial charge in [0.15, 0.2) is 0 Å². The number of nitrogens with one attached hydrogen (secondary N) is 1. The average Bonchev–Trinajstić information content (AvgIpc) is 2.68. The molecule has 0 radical (unpaired) electrons. The van der Waals surface area contributed by atoms with Crippen LogP contribution in [-0.4, -0.2) is 51.2 Å². The van der Waals surface area contributed by atoms with E-state index in [1.807, 2.05) is 18.2 Å². The molecular weight excluding hydrogens is 364 g/mol. The molecule has 0 unspecified atom stereocenters. The minimum absolute atomic E-state index is 0.0566. The minimum Gasteiger partial charge on any atom is -0.368 e. The molecular formula is C19H20N4O3S. The Kier molecular flexibility index (Phi) is 4.57. The van der Waals surface area contributed by atoms with Crippen molar-refractivity contribution in [1.29, 1.82) is 0 Å². The van der Waals surface area contributed by atoms with Crippen LogP contribution in [0.1, 0.15) is 6.42 Å². The van der Waals surface area contributed by atoms with Crippen molar-refractivity contribution in [3.05, 3.63) is 54.6 Å². The molecule has 0 spiro atoms. The fourth-order valence-corrected chi connectivity index (χ4v) is 4.50. The highest BCUT2D eigenvalue weighted by Crippen LogP contribution is 2.27. The SMILES string of the molecule is O=C(CC1=NS(=O)(=O)c2ccccc2N1)N1CCN(c2ccccc2)CC1. The molecule has 27 heavy (non-hydrogen) atoms. The van der Waals surface area contributed by atoms with Gasteiger partial charge < -0.3 is 15.1 Å². The van der Waals surface area contributed by atoms with Gasteiger partial charge in [-0.2, -0.15) is 8.42 Å². The molecule has 7 nitrogen and oxygen atoms in total. The van der Waals surface area contributed by atoms with Crippen LogP contribution in [0.5, 0.6) is 0 Å². The Labute approximate surface area is 158 Å². The summed E-state index contributed by atoms with van der Waals surface area (Å²) in [4.78, 5) is 16.8. The number of amides is 1. The molecule has 8 heteroatoms. The molecule has 2 aromatic rings. The zero-order chi connectivity index (χ0) is 18.9. The molecule has 1 saturated heterocycles. The van der Waals surface area contributed by atoms with Crippen LogP contribution in [0, 0.1) is 0 Å². The van der Waals surface area contributed by atoms with Crippen LogP contribution >= 0.6 is 0 Å². The molecule has 1 amide bonds. The zero-order valence-electron chi connectivity index (χ0n) is 14.7. The number of sulfonamides is 1. The zero-order valence-corrected chi connectivity index (χ0v) is 15.5. The number of para-hydroxylation sites is 2. The Morgan fingerprint density at radius 1 is 0.963 bits per heavy atom. The van der Waals surface area contributed by atoms with E-state index < -0.39 is 10.0 Å². The fraction of sp³-hybridized carbons (Fsp3) is 0.263. The lowest BCUT2D eigenvalue weighted by Gasteiger charge is -2.36. The summed E-state index contributed by atoms with van der Waals surface area (Å²) in [7, 11) is -3.77. The molecule has 2 aromatic carbocycles. The van der Waals surface area contributed by atoms with E-state index >= 15 is 0 Å². The topological polar surface area (TPSA) is 82.1 Å². The molecule has 2 aliphatic rings. The largest absolute Gasteiger partial charge is 0.368 e. The Bertz CT molecular complexity index is 981. The predicted molar refractivity (Wildman–Crippen MR) is 105 cm³/mol. The number of piperazine rings is 1. The van der Waals surface area contributed by atoms with Crippen LogP contribution in [0.4, 0.5) is 11.4 Å². The Hall–Kier alpha value is -2.87. The average molecular weight is 384 g/mol. The van der Waals surface area contributed by atoms with Crippen molar-refractivity contribution >= 4 is 33.1 Å². The molecule has 0 atom stereocenters. The van der Waals surface area contributed by atoms with E-state index in [1.54, 1.807) is 23.1 Å². The van der Waals surface area contributed by atoms with Gasteiger partial charge in [-0.25, -0.2) is 0 Å². The molecule has 140 valence electrons. The Morgan fingerprint density at radius 3 is 2.37 bits per heavy atom. The number of fused-ring (bicyclic) bond motifs is 1. The number of anilines is 2. The minimum atomic E-state index is -3.77. The van der Waals surface area contributed by atoms with Crippen molar-refractivity contribution in [1.82, 2.24) is 4.90 Å². The lowest BCUT2D eigenvalue weighted by atomic mass is 10.2. The first-order valence-electron chi connectivity index (χ1n) is 8.81. The lowest BCUT2D eigenvalue weighted by Crippen LogP contribution is -2.49. The van der Waals surface area contributed by atoms with Crippen molar-refractivity contribution in [2.45, 2.75) is 11.3 Å². The summed E-state index contributed by atoms with van der Waals surface area (Å²) >= 11 is 0. The first-order valence-corrected chi connectivity index (χ1v) is 10.2. The molecule has 1 N–H and O–H groups in total. The smallest absolute Gasteiger partial charge is 0.286 e. The standard InChI is InChI=1S/C19H20N4O3S/c24-19(23-12-10-22(11-13-23)15-6-2-1-3-7-15)14-18-20-16-8-4-5-9-17(16)27(25,26)21-18/h1-9H,10-14H2,(H,20,21). The number of benzene rings is 2. The van der Waals surface area contributed by atoms with Crippen molar-refractivity contribution in [3.8, 4) is 0 Å². The van der Waals surface area contributed by atoms with Crippen molar-refractivity contribution < 1.29 is 13.2 Å². The number of rotatable bonds is 3. The number of hydrogen-bond donors (Lipinski definition) is 1. The number of amidine groups is 1. The maximum atomic E-state index is 12.6. The van der Waals surface area contributed by atoms with Gasteiger partial charge in [0.25, 0.3) is 10.0 Å². The maximum absolute atomic E-state index is 12.6. The van der Waals surface area contributed by atoms with Crippen molar-refractivity contribution in [2.24, 2.45) is 4.40 Å². The van der Waals surface area contributed by atoms with Gasteiger partial charge in [0.05, 0.1) is 12.1 Å². The third kappa shape index (κ3) is 3.66. The maximum Gasteiger partial charge on any atom is 0.286 e. The highest BCUT2D eigenvalue weighted by Gasteiger charge is 2.27. The van der Waals surface area contributed by atoms with E-state index in [9.17, 15) is 13.2 Å². The van der Waals surface area contributed by atoms with Crippen molar-refractivity contribution in [3.63, 3.8) is 0 Å². The van der Waals surface area contributed by atoms with Gasteiger partial charge in [0.2, 0.25) is 5.91 Å². The van der Waals surface area contributed by atoms with Gasteiger partial charge in [0.1, 0.15) is 10.7 Å². The highest BCUT2D eigenvalue weighted by atomic mass is 32.2. The highest BCUT2D eigenvalue weighted by molar-refractivity contribution is 7.90. The summed E-state index contributed by atoms with van der Waals surface area (Å²) in [5.74, 6) is 0.0488. The third-order valence-corrected chi connectivity index (χ3v) is 6.12. The summed E-state index contributed by atoms with van der Waals surface area (Å²) in [6.45, 7) is 2.70. The van der Waals surface area contributed by atoms with E-state index in [4.69, 9.17) is 0 Å². The number of nitrogens with zero attached hydrogens (tertiary/aromatic N) is 3. The third-order valence-electron chi connectivity index (χ3n) is 4.75. The van der Waals surface area contributed by atoms with Crippen LogP contribution in [0.15, 0.2) is 63.9 Å². The van der Waals surface area contributed by atoms with Crippen LogP contribution in [-0.2, 0) is 14.8 Å². The van der Waals surface area contributed by atoms with Gasteiger partial charge in [-0.05, 0) is 24.3 Å². The molecule has 0 bridgehead atoms. The fourth-order valence-electron chi connectivity index (χ4n) is 3.35. The summed E-state index contributed by atoms with van der Waals surface area (Å²) in [5.41, 5.74) is 1.61. The monoisotopic (exact) mass is 384 g/mol. The second kappa shape index (κ2) is 7.03. The van der Waals surface area contributed by atoms with Crippen LogP contribution in [0.3, 0.4) is 0 Å². The van der Waals surface area contributed by atoms with E-state index in [2.05, 4.69) is 26.7 Å². The van der Waals surface area contributed by atoms with Crippen LogP contribution < -0.4 is 10.2 Å². The lowest BCUT2D eigenvalue weighted by molar-refractivity contribution is -0.130. The van der Waals surface area contributed by atoms with E-state index in [-0.39, 0.29) is 23.1 Å². The first kappa shape index (κ1) is 17.5. The van der Waals surface area contributed by atoms with E-state index in [0.717, 1.165) is 18.8 Å². The van der Waals surface area contributed by atoms with Gasteiger partial charge in [-0.1, -0.05) is 30.3 Å².